The molecule has 0 aromatic heterocycles. The first-order chi connectivity index (χ1) is 7.78. The van der Waals surface area contributed by atoms with Gasteiger partial charge >= 0.3 is 0 Å². The van der Waals surface area contributed by atoms with Crippen LogP contribution in [0.4, 0.5) is 0 Å². The number of hydrogen-bond donors (Lipinski definition) is 1. The minimum Gasteiger partial charge on any atom is -0.726 e. The predicted molar refractivity (Wildman–Crippen MR) is 47.0 cm³/mol. The summed E-state index contributed by atoms with van der Waals surface area (Å²) in [5.41, 5.74) is 0. The van der Waals surface area contributed by atoms with Gasteiger partial charge in [0.1, 0.15) is 12.2 Å². The van der Waals surface area contributed by atoms with Gasteiger partial charge in [-0.3, -0.25) is 4.18 Å². The van der Waals surface area contributed by atoms with Gasteiger partial charge < -0.3 is 24.3 Å². The number of carboxylic acids is 1. The maximum absolute atomic E-state index is 10.7. The molecule has 1 N–H and O–H groups in total. The summed E-state index contributed by atoms with van der Waals surface area (Å²) in [5.74, 6) is -2.29. The Hall–Kier alpha value is -0.740. The Morgan fingerprint density at radius 2 is 2.06 bits per heavy atom. The van der Waals surface area contributed by atoms with Crippen molar-refractivity contribution in [1.29, 1.82) is 0 Å². The molecule has 98 valence electrons. The Balaban J connectivity index is 2.13. The van der Waals surface area contributed by atoms with Crippen LogP contribution in [0.15, 0.2) is 0 Å². The molecule has 8 nitrogen and oxygen atoms in total. The number of carbonyl (C=O) groups is 1. The first kappa shape index (κ1) is 12.7. The third kappa shape index (κ3) is 2.58. The zero-order chi connectivity index (χ0) is 12.8. The van der Waals surface area contributed by atoms with Crippen LogP contribution in [0.1, 0.15) is 12.8 Å². The van der Waals surface area contributed by atoms with Crippen molar-refractivity contribution in [2.75, 3.05) is 0 Å². The van der Waals surface area contributed by atoms with E-state index in [9.17, 15) is 28.0 Å². The molecular weight excluding hydrogens is 256 g/mol. The van der Waals surface area contributed by atoms with E-state index >= 15 is 0 Å². The van der Waals surface area contributed by atoms with Crippen LogP contribution in [0, 0.1) is 5.92 Å². The summed E-state index contributed by atoms with van der Waals surface area (Å²) in [6.45, 7) is 0. The van der Waals surface area contributed by atoms with Crippen molar-refractivity contribution in [1.82, 2.24) is 0 Å². The van der Waals surface area contributed by atoms with E-state index in [4.69, 9.17) is 4.74 Å². The van der Waals surface area contributed by atoms with Crippen LogP contribution in [0.3, 0.4) is 0 Å². The first-order valence-corrected chi connectivity index (χ1v) is 6.30. The van der Waals surface area contributed by atoms with Crippen LogP contribution in [0.25, 0.3) is 0 Å². The molecule has 2 saturated heterocycles. The molecule has 3 rings (SSSR count). The highest BCUT2D eigenvalue weighted by Crippen LogP contribution is 2.39. The predicted octanol–water partition coefficient (Wildman–Crippen LogP) is -2.88. The van der Waals surface area contributed by atoms with Crippen molar-refractivity contribution in [2.24, 2.45) is 5.92 Å². The fourth-order valence-corrected chi connectivity index (χ4v) is 2.89. The van der Waals surface area contributed by atoms with E-state index in [-0.39, 0.29) is 12.8 Å². The number of aliphatic carboxylic acids is 1. The van der Waals surface area contributed by atoms with Crippen molar-refractivity contribution in [2.45, 2.75) is 37.3 Å². The van der Waals surface area contributed by atoms with Crippen molar-refractivity contribution in [3.8, 4) is 0 Å². The third-order valence-corrected chi connectivity index (χ3v) is 3.55. The Morgan fingerprint density at radius 1 is 1.41 bits per heavy atom. The Labute approximate surface area is 97.1 Å². The molecule has 0 radical (unpaired) electrons. The quantitative estimate of drug-likeness (QED) is 0.425. The SMILES string of the molecule is O=C([O-])C1OC2CC(O)C1CC2OS(=O)(=O)[O-]. The average Bonchev–Trinajstić information content (AvgIpc) is 2.16. The molecule has 2 aliphatic heterocycles. The van der Waals surface area contributed by atoms with Gasteiger partial charge in [-0.05, 0) is 6.42 Å². The summed E-state index contributed by atoms with van der Waals surface area (Å²) in [7, 11) is -4.88. The van der Waals surface area contributed by atoms with E-state index in [0.29, 0.717) is 0 Å². The fraction of sp³-hybridized carbons (Fsp3) is 0.875. The summed E-state index contributed by atoms with van der Waals surface area (Å²) < 4.78 is 40.6. The standard InChI is InChI=1S/C8H12O8S/c9-4-2-5-6(16-17(12,13)14)1-3(4)7(15-5)8(10)11/h3-7,9H,1-2H2,(H,10,11)(H,12,13,14)/p-2. The zero-order valence-electron chi connectivity index (χ0n) is 8.51. The summed E-state index contributed by atoms with van der Waals surface area (Å²) in [6, 6.07) is 0. The minimum absolute atomic E-state index is 0.0363. The molecule has 0 spiro atoms. The number of aliphatic hydroxyl groups is 1. The summed E-state index contributed by atoms with van der Waals surface area (Å²) >= 11 is 0. The Kier molecular flexibility index (Phi) is 3.12. The van der Waals surface area contributed by atoms with Gasteiger partial charge in [-0.15, -0.1) is 0 Å². The molecule has 0 aromatic carbocycles. The lowest BCUT2D eigenvalue weighted by atomic mass is 9.76. The van der Waals surface area contributed by atoms with Crippen LogP contribution in [-0.4, -0.2) is 48.5 Å². The van der Waals surface area contributed by atoms with E-state index in [1.165, 1.54) is 0 Å². The van der Waals surface area contributed by atoms with Gasteiger partial charge in [0.2, 0.25) is 10.4 Å². The molecule has 2 bridgehead atoms. The maximum atomic E-state index is 10.7. The van der Waals surface area contributed by atoms with Crippen molar-refractivity contribution < 1.29 is 36.9 Å². The number of carbonyl (C=O) groups excluding carboxylic acids is 1. The maximum Gasteiger partial charge on any atom is 0.217 e. The van der Waals surface area contributed by atoms with E-state index in [0.717, 1.165) is 0 Å². The van der Waals surface area contributed by atoms with Crippen molar-refractivity contribution >= 4 is 16.4 Å². The van der Waals surface area contributed by atoms with E-state index < -0.39 is 46.7 Å². The second kappa shape index (κ2) is 4.18. The average molecular weight is 266 g/mol. The molecule has 0 aromatic rings. The Bertz CT molecular complexity index is 417. The summed E-state index contributed by atoms with van der Waals surface area (Å²) in [6.07, 6.45) is -4.22. The molecular formula is C8H10O8S-2. The second-order valence-electron chi connectivity index (χ2n) is 4.16. The van der Waals surface area contributed by atoms with Gasteiger partial charge in [0.25, 0.3) is 0 Å². The number of rotatable bonds is 3. The highest BCUT2D eigenvalue weighted by Gasteiger charge is 2.49. The lowest BCUT2D eigenvalue weighted by Gasteiger charge is -2.49. The smallest absolute Gasteiger partial charge is 0.217 e. The topological polar surface area (TPSA) is 136 Å². The third-order valence-electron chi connectivity index (χ3n) is 3.07. The second-order valence-corrected chi connectivity index (χ2v) is 5.17. The highest BCUT2D eigenvalue weighted by atomic mass is 32.3. The van der Waals surface area contributed by atoms with Crippen molar-refractivity contribution in [3.05, 3.63) is 0 Å². The van der Waals surface area contributed by atoms with Gasteiger partial charge in [-0.2, -0.15) is 0 Å². The molecule has 9 heteroatoms. The van der Waals surface area contributed by atoms with Crippen LogP contribution < -0.4 is 5.11 Å². The molecule has 2 heterocycles. The monoisotopic (exact) mass is 266 g/mol. The zero-order valence-corrected chi connectivity index (χ0v) is 9.33. The highest BCUT2D eigenvalue weighted by molar-refractivity contribution is 7.80. The van der Waals surface area contributed by atoms with Gasteiger partial charge in [0.05, 0.1) is 18.2 Å². The first-order valence-electron chi connectivity index (χ1n) is 4.96. The van der Waals surface area contributed by atoms with Gasteiger partial charge in [-0.25, -0.2) is 8.42 Å². The van der Waals surface area contributed by atoms with Crippen molar-refractivity contribution in [3.63, 3.8) is 0 Å². The molecule has 3 aliphatic rings. The molecule has 3 fully saturated rings. The van der Waals surface area contributed by atoms with Crippen LogP contribution >= 0.6 is 0 Å². The molecule has 1 aliphatic carbocycles. The van der Waals surface area contributed by atoms with E-state index in [1.54, 1.807) is 0 Å². The molecule has 0 amide bonds. The Morgan fingerprint density at radius 3 is 2.53 bits per heavy atom. The molecule has 17 heavy (non-hydrogen) atoms. The number of ether oxygens (including phenoxy) is 1. The summed E-state index contributed by atoms with van der Waals surface area (Å²) in [5, 5.41) is 20.3. The molecule has 5 atom stereocenters. The normalized spacial score (nSPS) is 41.4. The fourth-order valence-electron chi connectivity index (χ4n) is 2.38. The summed E-state index contributed by atoms with van der Waals surface area (Å²) in [4.78, 5) is 10.7. The largest absolute Gasteiger partial charge is 0.726 e. The van der Waals surface area contributed by atoms with Crippen LogP contribution in [0.2, 0.25) is 0 Å². The van der Waals surface area contributed by atoms with E-state index in [2.05, 4.69) is 4.18 Å². The minimum atomic E-state index is -4.88. The lowest BCUT2D eigenvalue weighted by molar-refractivity contribution is -0.333. The van der Waals surface area contributed by atoms with E-state index in [1.807, 2.05) is 0 Å². The van der Waals surface area contributed by atoms with Gasteiger partial charge in [0, 0.05) is 12.3 Å². The van der Waals surface area contributed by atoms with Gasteiger partial charge in [0.15, 0.2) is 0 Å². The molecule has 1 saturated carbocycles. The lowest BCUT2D eigenvalue weighted by Crippen LogP contribution is -2.61. The van der Waals surface area contributed by atoms with Crippen LogP contribution in [0.5, 0.6) is 0 Å². The number of fused-ring (bicyclic) bond motifs is 3. The van der Waals surface area contributed by atoms with Crippen LogP contribution in [-0.2, 0) is 24.1 Å². The number of carboxylic acid groups (broad SMARTS) is 1. The number of aliphatic hydroxyl groups excluding tert-OH is 1. The van der Waals surface area contributed by atoms with Gasteiger partial charge in [-0.1, -0.05) is 0 Å². The molecule has 5 unspecified atom stereocenters. The number of hydrogen-bond acceptors (Lipinski definition) is 8.